The van der Waals surface area contributed by atoms with Gasteiger partial charge in [0.2, 0.25) is 5.91 Å². The number of rotatable bonds is 10. The summed E-state index contributed by atoms with van der Waals surface area (Å²) >= 11 is 1.20. The smallest absolute Gasteiger partial charge is 0.350 e. The van der Waals surface area contributed by atoms with Crippen molar-refractivity contribution in [1.82, 2.24) is 5.32 Å². The summed E-state index contributed by atoms with van der Waals surface area (Å²) in [6.45, 7) is 2.71. The first-order valence-corrected chi connectivity index (χ1v) is 11.8. The third kappa shape index (κ3) is 7.51. The van der Waals surface area contributed by atoms with Crippen molar-refractivity contribution in [2.75, 3.05) is 18.5 Å². The molecule has 0 aliphatic rings. The van der Waals surface area contributed by atoms with Crippen molar-refractivity contribution < 1.29 is 28.7 Å². The maximum absolute atomic E-state index is 12.5. The van der Waals surface area contributed by atoms with Crippen LogP contribution in [0.5, 0.6) is 0 Å². The van der Waals surface area contributed by atoms with Gasteiger partial charge in [0.1, 0.15) is 4.88 Å². The molecule has 9 heteroatoms. The Morgan fingerprint density at radius 2 is 1.60 bits per heavy atom. The summed E-state index contributed by atoms with van der Waals surface area (Å²) in [6, 6.07) is 19.5. The number of carbonyl (C=O) groups is 4. The minimum absolute atomic E-state index is 0.137. The van der Waals surface area contributed by atoms with Crippen LogP contribution < -0.4 is 10.6 Å². The summed E-state index contributed by atoms with van der Waals surface area (Å²) < 4.78 is 10.2. The lowest BCUT2D eigenvalue weighted by atomic mass is 10.0. The SMILES string of the molecule is CCOC(=O)c1sc(-c2ccccc2)cc1NC(=O)COC(=O)CC(NC(C)=O)c1ccccc1. The summed E-state index contributed by atoms with van der Waals surface area (Å²) in [5.41, 5.74) is 1.92. The summed E-state index contributed by atoms with van der Waals surface area (Å²) in [7, 11) is 0. The molecule has 1 unspecified atom stereocenters. The van der Waals surface area contributed by atoms with Gasteiger partial charge in [-0.05, 0) is 24.1 Å². The summed E-state index contributed by atoms with van der Waals surface area (Å²) in [5.74, 6) is -2.09. The number of benzene rings is 2. The van der Waals surface area contributed by atoms with Crippen molar-refractivity contribution in [3.05, 3.63) is 77.2 Å². The molecule has 0 radical (unpaired) electrons. The van der Waals surface area contributed by atoms with Crippen LogP contribution in [0.25, 0.3) is 10.4 Å². The van der Waals surface area contributed by atoms with E-state index in [1.807, 2.05) is 36.4 Å². The topological polar surface area (TPSA) is 111 Å². The monoisotopic (exact) mass is 494 g/mol. The lowest BCUT2D eigenvalue weighted by molar-refractivity contribution is -0.148. The maximum Gasteiger partial charge on any atom is 0.350 e. The molecule has 3 rings (SSSR count). The van der Waals surface area contributed by atoms with Gasteiger partial charge in [0.25, 0.3) is 5.91 Å². The highest BCUT2D eigenvalue weighted by atomic mass is 32.1. The summed E-state index contributed by atoms with van der Waals surface area (Å²) in [4.78, 5) is 49.9. The fourth-order valence-electron chi connectivity index (χ4n) is 3.32. The number of ether oxygens (including phenoxy) is 2. The largest absolute Gasteiger partial charge is 0.462 e. The van der Waals surface area contributed by atoms with Crippen LogP contribution in [0.2, 0.25) is 0 Å². The summed E-state index contributed by atoms with van der Waals surface area (Å²) in [5, 5.41) is 5.35. The van der Waals surface area contributed by atoms with Gasteiger partial charge in [-0.25, -0.2) is 4.79 Å². The maximum atomic E-state index is 12.5. The Kier molecular flexibility index (Phi) is 9.14. The van der Waals surface area contributed by atoms with Gasteiger partial charge >= 0.3 is 11.9 Å². The van der Waals surface area contributed by atoms with Gasteiger partial charge in [-0.1, -0.05) is 60.7 Å². The van der Waals surface area contributed by atoms with Crippen molar-refractivity contribution in [1.29, 1.82) is 0 Å². The zero-order valence-electron chi connectivity index (χ0n) is 19.4. The van der Waals surface area contributed by atoms with Crippen LogP contribution in [-0.4, -0.2) is 37.0 Å². The second-order valence-electron chi connectivity index (χ2n) is 7.52. The number of anilines is 1. The van der Waals surface area contributed by atoms with E-state index in [1.165, 1.54) is 18.3 Å². The molecule has 0 aliphatic heterocycles. The van der Waals surface area contributed by atoms with Crippen LogP contribution >= 0.6 is 11.3 Å². The number of amides is 2. The molecule has 35 heavy (non-hydrogen) atoms. The van der Waals surface area contributed by atoms with E-state index >= 15 is 0 Å². The van der Waals surface area contributed by atoms with Gasteiger partial charge in [0, 0.05) is 11.8 Å². The van der Waals surface area contributed by atoms with E-state index < -0.39 is 30.5 Å². The quantitative estimate of drug-likeness (QED) is 0.406. The molecule has 8 nitrogen and oxygen atoms in total. The first kappa shape index (κ1) is 25.6. The van der Waals surface area contributed by atoms with Gasteiger partial charge in [-0.2, -0.15) is 0 Å². The lowest BCUT2D eigenvalue weighted by Crippen LogP contribution is -2.29. The zero-order valence-corrected chi connectivity index (χ0v) is 20.2. The van der Waals surface area contributed by atoms with E-state index in [0.717, 1.165) is 16.0 Å². The molecule has 0 saturated carbocycles. The number of nitrogens with one attached hydrogen (secondary N) is 2. The Hall–Kier alpha value is -3.98. The van der Waals surface area contributed by atoms with Gasteiger partial charge in [-0.3, -0.25) is 14.4 Å². The van der Waals surface area contributed by atoms with E-state index in [4.69, 9.17) is 9.47 Å². The predicted octanol–water partition coefficient (Wildman–Crippen LogP) is 4.34. The van der Waals surface area contributed by atoms with E-state index in [9.17, 15) is 19.2 Å². The number of esters is 2. The normalized spacial score (nSPS) is 11.3. The number of hydrogen-bond donors (Lipinski definition) is 2. The Morgan fingerprint density at radius 3 is 2.23 bits per heavy atom. The molecule has 1 heterocycles. The second-order valence-corrected chi connectivity index (χ2v) is 8.57. The second kappa shape index (κ2) is 12.5. The van der Waals surface area contributed by atoms with Crippen LogP contribution in [0.15, 0.2) is 66.7 Å². The van der Waals surface area contributed by atoms with Crippen LogP contribution in [0.1, 0.15) is 41.5 Å². The molecule has 0 spiro atoms. The van der Waals surface area contributed by atoms with Gasteiger partial charge in [0.15, 0.2) is 6.61 Å². The Labute approximate surface area is 207 Å². The Balaban J connectivity index is 1.65. The minimum atomic E-state index is -0.649. The highest BCUT2D eigenvalue weighted by Gasteiger charge is 2.22. The molecular weight excluding hydrogens is 468 g/mol. The van der Waals surface area contributed by atoms with Gasteiger partial charge < -0.3 is 20.1 Å². The summed E-state index contributed by atoms with van der Waals surface area (Å²) in [6.07, 6.45) is -0.137. The minimum Gasteiger partial charge on any atom is -0.462 e. The first-order chi connectivity index (χ1) is 16.9. The van der Waals surface area contributed by atoms with Crippen LogP contribution in [0.3, 0.4) is 0 Å². The van der Waals surface area contributed by atoms with Crippen LogP contribution in [0.4, 0.5) is 5.69 Å². The average molecular weight is 495 g/mol. The fourth-order valence-corrected chi connectivity index (χ4v) is 4.33. The van der Waals surface area contributed by atoms with E-state index in [1.54, 1.807) is 37.3 Å². The molecule has 1 atom stereocenters. The Morgan fingerprint density at radius 1 is 0.943 bits per heavy atom. The molecule has 2 N–H and O–H groups in total. The molecule has 0 bridgehead atoms. The van der Waals surface area contributed by atoms with E-state index in [0.29, 0.717) is 0 Å². The lowest BCUT2D eigenvalue weighted by Gasteiger charge is -2.17. The fraction of sp³-hybridized carbons (Fsp3) is 0.231. The predicted molar refractivity (Wildman–Crippen MR) is 133 cm³/mol. The van der Waals surface area contributed by atoms with Crippen molar-refractivity contribution in [3.63, 3.8) is 0 Å². The standard InChI is InChI=1S/C26H26N2O6S/c1-3-33-26(32)25-21(14-22(35-25)19-12-8-5-9-13-19)28-23(30)16-34-24(31)15-20(27-17(2)29)18-10-6-4-7-11-18/h4-14,20H,3,15-16H2,1-2H3,(H,27,29)(H,28,30). The molecule has 3 aromatic rings. The van der Waals surface area contributed by atoms with Crippen molar-refractivity contribution in [2.24, 2.45) is 0 Å². The van der Waals surface area contributed by atoms with Gasteiger partial charge in [0.05, 0.1) is 24.8 Å². The molecule has 2 aromatic carbocycles. The highest BCUT2D eigenvalue weighted by molar-refractivity contribution is 7.18. The molecule has 0 saturated heterocycles. The molecule has 0 aliphatic carbocycles. The third-order valence-electron chi connectivity index (χ3n) is 4.84. The molecular formula is C26H26N2O6S. The number of thiophene rings is 1. The van der Waals surface area contributed by atoms with Crippen LogP contribution in [0, 0.1) is 0 Å². The van der Waals surface area contributed by atoms with Crippen molar-refractivity contribution >= 4 is 40.8 Å². The van der Waals surface area contributed by atoms with E-state index in [2.05, 4.69) is 10.6 Å². The van der Waals surface area contributed by atoms with Crippen molar-refractivity contribution in [3.8, 4) is 10.4 Å². The first-order valence-electron chi connectivity index (χ1n) is 11.0. The molecule has 182 valence electrons. The number of hydrogen-bond acceptors (Lipinski definition) is 7. The Bertz CT molecular complexity index is 1180. The van der Waals surface area contributed by atoms with Crippen LogP contribution in [-0.2, 0) is 23.9 Å². The molecule has 1 aromatic heterocycles. The van der Waals surface area contributed by atoms with Gasteiger partial charge in [-0.15, -0.1) is 11.3 Å². The third-order valence-corrected chi connectivity index (χ3v) is 6.00. The van der Waals surface area contributed by atoms with E-state index in [-0.39, 0.29) is 29.5 Å². The molecule has 0 fully saturated rings. The van der Waals surface area contributed by atoms with Crippen molar-refractivity contribution in [2.45, 2.75) is 26.3 Å². The zero-order chi connectivity index (χ0) is 25.2. The highest BCUT2D eigenvalue weighted by Crippen LogP contribution is 2.35. The number of carbonyl (C=O) groups excluding carboxylic acids is 4. The molecule has 2 amide bonds. The average Bonchev–Trinajstić information content (AvgIpc) is 3.27.